The molecule has 1 aromatic rings. The summed E-state index contributed by atoms with van der Waals surface area (Å²) in [5.74, 6) is -0.291. The van der Waals surface area contributed by atoms with E-state index in [1.54, 1.807) is 6.07 Å². The molecular formula is C11H14O3. The lowest BCUT2D eigenvalue weighted by molar-refractivity contribution is -0.144. The molecule has 0 aromatic heterocycles. The molecule has 0 saturated heterocycles. The predicted molar refractivity (Wildman–Crippen MR) is 53.5 cm³/mol. The monoisotopic (exact) mass is 194 g/mol. The van der Waals surface area contributed by atoms with E-state index in [2.05, 4.69) is 0 Å². The van der Waals surface area contributed by atoms with Crippen molar-refractivity contribution in [2.75, 3.05) is 0 Å². The van der Waals surface area contributed by atoms with Gasteiger partial charge in [-0.15, -0.1) is 0 Å². The van der Waals surface area contributed by atoms with E-state index in [-0.39, 0.29) is 0 Å². The van der Waals surface area contributed by atoms with Crippen molar-refractivity contribution in [3.63, 3.8) is 0 Å². The second kappa shape index (κ2) is 4.65. The van der Waals surface area contributed by atoms with Crippen LogP contribution in [0.4, 0.5) is 0 Å². The molecule has 0 saturated carbocycles. The molecule has 0 radical (unpaired) electrons. The summed E-state index contributed by atoms with van der Waals surface area (Å²) < 4.78 is 5.30. The van der Waals surface area contributed by atoms with Crippen molar-refractivity contribution in [1.82, 2.24) is 0 Å². The fourth-order valence-corrected chi connectivity index (χ4v) is 1.15. The van der Waals surface area contributed by atoms with E-state index < -0.39 is 12.1 Å². The highest BCUT2D eigenvalue weighted by atomic mass is 16.5. The van der Waals surface area contributed by atoms with Gasteiger partial charge < -0.3 is 9.84 Å². The standard InChI is InChI=1S/C11H14O3/c1-3-9-6-4-5-7-10(9)14-8(2)11(12)13/h4-8H,3H2,1-2H3,(H,12,13)/t8-/m0/s1. The minimum absolute atomic E-state index is 0.657. The highest BCUT2D eigenvalue weighted by Crippen LogP contribution is 2.19. The van der Waals surface area contributed by atoms with Crippen LogP contribution in [0.1, 0.15) is 19.4 Å². The molecular weight excluding hydrogens is 180 g/mol. The normalized spacial score (nSPS) is 12.1. The summed E-state index contributed by atoms with van der Waals surface area (Å²) in [5, 5.41) is 8.68. The topological polar surface area (TPSA) is 46.5 Å². The third kappa shape index (κ3) is 2.49. The lowest BCUT2D eigenvalue weighted by Crippen LogP contribution is -2.23. The third-order valence-corrected chi connectivity index (χ3v) is 2.01. The summed E-state index contributed by atoms with van der Waals surface area (Å²) in [5.41, 5.74) is 1.03. The Hall–Kier alpha value is -1.51. The molecule has 1 atom stereocenters. The molecule has 3 heteroatoms. The maximum Gasteiger partial charge on any atom is 0.344 e. The Morgan fingerprint density at radius 2 is 2.14 bits per heavy atom. The molecule has 0 amide bonds. The van der Waals surface area contributed by atoms with Crippen LogP contribution in [-0.4, -0.2) is 17.2 Å². The zero-order valence-corrected chi connectivity index (χ0v) is 8.36. The molecule has 1 N–H and O–H groups in total. The Bertz CT molecular complexity index is 320. The Morgan fingerprint density at radius 1 is 1.50 bits per heavy atom. The number of rotatable bonds is 4. The van der Waals surface area contributed by atoms with Gasteiger partial charge in [0.25, 0.3) is 0 Å². The summed E-state index contributed by atoms with van der Waals surface area (Å²) in [7, 11) is 0. The molecule has 14 heavy (non-hydrogen) atoms. The molecule has 3 nitrogen and oxygen atoms in total. The number of carbonyl (C=O) groups is 1. The van der Waals surface area contributed by atoms with Crippen molar-refractivity contribution in [3.05, 3.63) is 29.8 Å². The predicted octanol–water partition coefficient (Wildman–Crippen LogP) is 2.10. The average Bonchev–Trinajstić information content (AvgIpc) is 2.18. The van der Waals surface area contributed by atoms with Crippen molar-refractivity contribution >= 4 is 5.97 Å². The van der Waals surface area contributed by atoms with Crippen LogP contribution in [0.5, 0.6) is 5.75 Å². The van der Waals surface area contributed by atoms with Gasteiger partial charge in [0, 0.05) is 0 Å². The number of aryl methyl sites for hydroxylation is 1. The van der Waals surface area contributed by atoms with E-state index >= 15 is 0 Å². The van der Waals surface area contributed by atoms with Gasteiger partial charge in [0.05, 0.1) is 0 Å². The Balaban J connectivity index is 2.80. The van der Waals surface area contributed by atoms with E-state index in [4.69, 9.17) is 9.84 Å². The molecule has 0 spiro atoms. The molecule has 0 aliphatic heterocycles. The molecule has 0 aliphatic rings. The first-order valence-corrected chi connectivity index (χ1v) is 4.62. The smallest absolute Gasteiger partial charge is 0.344 e. The first-order chi connectivity index (χ1) is 6.65. The quantitative estimate of drug-likeness (QED) is 0.798. The summed E-state index contributed by atoms with van der Waals surface area (Å²) in [4.78, 5) is 10.6. The summed E-state index contributed by atoms with van der Waals surface area (Å²) in [6.45, 7) is 3.53. The largest absolute Gasteiger partial charge is 0.479 e. The van der Waals surface area contributed by atoms with E-state index in [9.17, 15) is 4.79 Å². The number of benzene rings is 1. The van der Waals surface area contributed by atoms with Crippen molar-refractivity contribution in [3.8, 4) is 5.75 Å². The van der Waals surface area contributed by atoms with E-state index in [0.717, 1.165) is 12.0 Å². The van der Waals surface area contributed by atoms with Gasteiger partial charge in [0.1, 0.15) is 5.75 Å². The van der Waals surface area contributed by atoms with Gasteiger partial charge >= 0.3 is 5.97 Å². The molecule has 0 heterocycles. The summed E-state index contributed by atoms with van der Waals surface area (Å²) in [6.07, 6.45) is 0.0328. The highest BCUT2D eigenvalue weighted by Gasteiger charge is 2.13. The highest BCUT2D eigenvalue weighted by molar-refractivity contribution is 5.72. The fourth-order valence-electron chi connectivity index (χ4n) is 1.15. The SMILES string of the molecule is CCc1ccccc1O[C@@H](C)C(=O)O. The number of para-hydroxylation sites is 1. The molecule has 0 aliphatic carbocycles. The van der Waals surface area contributed by atoms with Gasteiger partial charge in [0.15, 0.2) is 6.10 Å². The Labute approximate surface area is 83.3 Å². The third-order valence-electron chi connectivity index (χ3n) is 2.01. The first-order valence-electron chi connectivity index (χ1n) is 4.62. The molecule has 76 valence electrons. The lowest BCUT2D eigenvalue weighted by atomic mass is 10.1. The number of hydrogen-bond donors (Lipinski definition) is 1. The number of ether oxygens (including phenoxy) is 1. The molecule has 0 fully saturated rings. The first kappa shape index (κ1) is 10.6. The van der Waals surface area contributed by atoms with Gasteiger partial charge in [-0.2, -0.15) is 0 Å². The van der Waals surface area contributed by atoms with E-state index in [0.29, 0.717) is 5.75 Å². The van der Waals surface area contributed by atoms with Crippen LogP contribution in [-0.2, 0) is 11.2 Å². The van der Waals surface area contributed by atoms with Gasteiger partial charge in [-0.25, -0.2) is 4.79 Å². The maximum atomic E-state index is 10.6. The number of carboxylic acid groups (broad SMARTS) is 1. The van der Waals surface area contributed by atoms with Crippen molar-refractivity contribution in [2.24, 2.45) is 0 Å². The van der Waals surface area contributed by atoms with Crippen molar-refractivity contribution in [1.29, 1.82) is 0 Å². The minimum atomic E-state index is -0.948. The van der Waals surface area contributed by atoms with Crippen LogP contribution in [0.15, 0.2) is 24.3 Å². The zero-order valence-electron chi connectivity index (χ0n) is 8.36. The van der Waals surface area contributed by atoms with E-state index in [1.807, 2.05) is 25.1 Å². The molecule has 1 aromatic carbocycles. The zero-order chi connectivity index (χ0) is 10.6. The molecule has 0 unspecified atom stereocenters. The lowest BCUT2D eigenvalue weighted by Gasteiger charge is -2.13. The number of aliphatic carboxylic acids is 1. The Morgan fingerprint density at radius 3 is 2.71 bits per heavy atom. The van der Waals surface area contributed by atoms with Crippen LogP contribution in [0.25, 0.3) is 0 Å². The molecule has 0 bridgehead atoms. The van der Waals surface area contributed by atoms with Gasteiger partial charge in [-0.3, -0.25) is 0 Å². The second-order valence-electron chi connectivity index (χ2n) is 3.06. The average molecular weight is 194 g/mol. The van der Waals surface area contributed by atoms with Crippen LogP contribution >= 0.6 is 0 Å². The Kier molecular flexibility index (Phi) is 3.51. The van der Waals surface area contributed by atoms with Gasteiger partial charge in [0.2, 0.25) is 0 Å². The number of carboxylic acids is 1. The summed E-state index contributed by atoms with van der Waals surface area (Å²) >= 11 is 0. The molecule has 1 rings (SSSR count). The summed E-state index contributed by atoms with van der Waals surface area (Å²) in [6, 6.07) is 7.47. The minimum Gasteiger partial charge on any atom is -0.479 e. The second-order valence-corrected chi connectivity index (χ2v) is 3.06. The van der Waals surface area contributed by atoms with Crippen LogP contribution in [0.2, 0.25) is 0 Å². The maximum absolute atomic E-state index is 10.6. The van der Waals surface area contributed by atoms with Gasteiger partial charge in [-0.1, -0.05) is 25.1 Å². The van der Waals surface area contributed by atoms with Gasteiger partial charge in [-0.05, 0) is 25.0 Å². The van der Waals surface area contributed by atoms with Crippen molar-refractivity contribution < 1.29 is 14.6 Å². The van der Waals surface area contributed by atoms with Crippen LogP contribution in [0.3, 0.4) is 0 Å². The van der Waals surface area contributed by atoms with Crippen LogP contribution < -0.4 is 4.74 Å². The van der Waals surface area contributed by atoms with Crippen LogP contribution in [0, 0.1) is 0 Å². The fraction of sp³-hybridized carbons (Fsp3) is 0.364. The van der Waals surface area contributed by atoms with E-state index in [1.165, 1.54) is 6.92 Å². The number of hydrogen-bond acceptors (Lipinski definition) is 2. The van der Waals surface area contributed by atoms with Crippen molar-refractivity contribution in [2.45, 2.75) is 26.4 Å².